The Morgan fingerprint density at radius 3 is 2.35 bits per heavy atom. The lowest BCUT2D eigenvalue weighted by Crippen LogP contribution is -2.41. The van der Waals surface area contributed by atoms with Crippen molar-refractivity contribution in [3.05, 3.63) is 17.7 Å². The van der Waals surface area contributed by atoms with Gasteiger partial charge in [-0.3, -0.25) is 0 Å². The van der Waals surface area contributed by atoms with Crippen molar-refractivity contribution in [1.82, 2.24) is 0 Å². The summed E-state index contributed by atoms with van der Waals surface area (Å²) < 4.78 is 22.7. The fraction of sp³-hybridized carbons (Fsp3) is 0.667. The maximum Gasteiger partial charge on any atom is 0.183 e. The number of nitrogen functional groups attached to an aromatic ring is 1. The van der Waals surface area contributed by atoms with Crippen LogP contribution in [-0.4, -0.2) is 32.7 Å². The SMILES string of the molecule is COc1c(N)cc(C(C)(C)C)cc1OCC1COC(C)(C)OC1. The van der Waals surface area contributed by atoms with Crippen molar-refractivity contribution in [1.29, 1.82) is 0 Å². The van der Waals surface area contributed by atoms with Gasteiger partial charge in [-0.25, -0.2) is 0 Å². The predicted molar refractivity (Wildman–Crippen MR) is 91.1 cm³/mol. The van der Waals surface area contributed by atoms with Crippen molar-refractivity contribution >= 4 is 5.69 Å². The van der Waals surface area contributed by atoms with Gasteiger partial charge in [0.15, 0.2) is 17.3 Å². The Hall–Kier alpha value is -1.46. The summed E-state index contributed by atoms with van der Waals surface area (Å²) in [6, 6.07) is 3.95. The smallest absolute Gasteiger partial charge is 0.183 e. The first-order valence-corrected chi connectivity index (χ1v) is 8.01. The number of rotatable bonds is 4. The summed E-state index contributed by atoms with van der Waals surface area (Å²) >= 11 is 0. The van der Waals surface area contributed by atoms with Crippen LogP contribution in [0.15, 0.2) is 12.1 Å². The van der Waals surface area contributed by atoms with Gasteiger partial charge in [-0.2, -0.15) is 0 Å². The quantitative estimate of drug-likeness (QED) is 0.861. The Labute approximate surface area is 139 Å². The Morgan fingerprint density at radius 1 is 1.22 bits per heavy atom. The van der Waals surface area contributed by atoms with Gasteiger partial charge in [0.1, 0.15) is 0 Å². The molecule has 5 heteroatoms. The van der Waals surface area contributed by atoms with E-state index in [1.165, 1.54) is 0 Å². The molecule has 23 heavy (non-hydrogen) atoms. The minimum atomic E-state index is -0.509. The summed E-state index contributed by atoms with van der Waals surface area (Å²) in [6.07, 6.45) is 0. The van der Waals surface area contributed by atoms with Crippen molar-refractivity contribution in [2.24, 2.45) is 5.92 Å². The summed E-state index contributed by atoms with van der Waals surface area (Å²) in [6.45, 7) is 12.0. The number of benzene rings is 1. The van der Waals surface area contributed by atoms with Gasteiger partial charge in [-0.15, -0.1) is 0 Å². The van der Waals surface area contributed by atoms with E-state index in [2.05, 4.69) is 20.8 Å². The summed E-state index contributed by atoms with van der Waals surface area (Å²) in [5.41, 5.74) is 7.81. The predicted octanol–water partition coefficient (Wildman–Crippen LogP) is 3.35. The highest BCUT2D eigenvalue weighted by Gasteiger charge is 2.29. The second-order valence-corrected chi connectivity index (χ2v) is 7.55. The molecule has 0 amide bonds. The third-order valence-electron chi connectivity index (χ3n) is 3.96. The molecule has 0 unspecified atom stereocenters. The standard InChI is InChI=1S/C18H29NO4/c1-17(2,3)13-7-14(19)16(20-6)15(8-13)21-9-12-10-22-18(4,5)23-11-12/h7-8,12H,9-11,19H2,1-6H3. The Morgan fingerprint density at radius 2 is 1.83 bits per heavy atom. The molecular weight excluding hydrogens is 294 g/mol. The third kappa shape index (κ3) is 4.52. The first-order valence-electron chi connectivity index (χ1n) is 8.01. The molecule has 1 fully saturated rings. The number of hydrogen-bond acceptors (Lipinski definition) is 5. The van der Waals surface area contributed by atoms with E-state index in [0.717, 1.165) is 5.56 Å². The second-order valence-electron chi connectivity index (χ2n) is 7.55. The number of nitrogens with two attached hydrogens (primary N) is 1. The number of ether oxygens (including phenoxy) is 4. The molecule has 0 aromatic heterocycles. The average Bonchev–Trinajstić information content (AvgIpc) is 2.44. The molecule has 0 bridgehead atoms. The Kier molecular flexibility index (Phi) is 5.11. The van der Waals surface area contributed by atoms with Crippen LogP contribution in [0.5, 0.6) is 11.5 Å². The van der Waals surface area contributed by atoms with Crippen LogP contribution >= 0.6 is 0 Å². The van der Waals surface area contributed by atoms with Crippen molar-refractivity contribution < 1.29 is 18.9 Å². The monoisotopic (exact) mass is 323 g/mol. The summed E-state index contributed by atoms with van der Waals surface area (Å²) in [5.74, 6) is 0.926. The molecule has 1 heterocycles. The lowest BCUT2D eigenvalue weighted by Gasteiger charge is -2.34. The van der Waals surface area contributed by atoms with Crippen molar-refractivity contribution in [2.45, 2.75) is 45.8 Å². The molecule has 5 nitrogen and oxygen atoms in total. The molecule has 2 rings (SSSR count). The minimum absolute atomic E-state index is 0.0143. The maximum absolute atomic E-state index is 6.12. The Bertz CT molecular complexity index is 539. The topological polar surface area (TPSA) is 62.9 Å². The van der Waals surface area contributed by atoms with Crippen LogP contribution in [0, 0.1) is 5.92 Å². The minimum Gasteiger partial charge on any atom is -0.491 e. The molecular formula is C18H29NO4. The molecule has 130 valence electrons. The Balaban J connectivity index is 2.11. The van der Waals surface area contributed by atoms with E-state index >= 15 is 0 Å². The largest absolute Gasteiger partial charge is 0.491 e. The highest BCUT2D eigenvalue weighted by atomic mass is 16.7. The summed E-state index contributed by atoms with van der Waals surface area (Å²) in [5, 5.41) is 0. The molecule has 1 aliphatic heterocycles. The lowest BCUT2D eigenvalue weighted by atomic mass is 9.86. The molecule has 0 spiro atoms. The number of methoxy groups -OCH3 is 1. The first kappa shape index (κ1) is 17.9. The van der Waals surface area contributed by atoms with E-state index in [4.69, 9.17) is 24.7 Å². The summed E-state index contributed by atoms with van der Waals surface area (Å²) in [7, 11) is 1.60. The summed E-state index contributed by atoms with van der Waals surface area (Å²) in [4.78, 5) is 0. The molecule has 2 N–H and O–H groups in total. The van der Waals surface area contributed by atoms with Gasteiger partial charge >= 0.3 is 0 Å². The van der Waals surface area contributed by atoms with Gasteiger partial charge in [0.25, 0.3) is 0 Å². The van der Waals surface area contributed by atoms with Gasteiger partial charge in [-0.05, 0) is 37.0 Å². The zero-order valence-corrected chi connectivity index (χ0v) is 15.1. The molecule has 1 aromatic rings. The van der Waals surface area contributed by atoms with Crippen LogP contribution in [0.1, 0.15) is 40.2 Å². The van der Waals surface area contributed by atoms with Crippen LogP contribution in [0.3, 0.4) is 0 Å². The van der Waals surface area contributed by atoms with Gasteiger partial charge in [-0.1, -0.05) is 20.8 Å². The van der Waals surface area contributed by atoms with Gasteiger partial charge in [0.2, 0.25) is 0 Å². The fourth-order valence-corrected chi connectivity index (χ4v) is 2.41. The molecule has 0 saturated carbocycles. The molecule has 1 aromatic carbocycles. The fourth-order valence-electron chi connectivity index (χ4n) is 2.41. The number of hydrogen-bond donors (Lipinski definition) is 1. The highest BCUT2D eigenvalue weighted by molar-refractivity contribution is 5.63. The first-order chi connectivity index (χ1) is 10.6. The second kappa shape index (κ2) is 6.57. The molecule has 1 saturated heterocycles. The van der Waals surface area contributed by atoms with Gasteiger partial charge in [0.05, 0.1) is 32.6 Å². The third-order valence-corrected chi connectivity index (χ3v) is 3.96. The van der Waals surface area contributed by atoms with Crippen LogP contribution in [-0.2, 0) is 14.9 Å². The zero-order valence-electron chi connectivity index (χ0n) is 15.1. The molecule has 0 radical (unpaired) electrons. The van der Waals surface area contributed by atoms with Crippen molar-refractivity contribution in [2.75, 3.05) is 32.7 Å². The van der Waals surface area contributed by atoms with E-state index < -0.39 is 5.79 Å². The zero-order chi connectivity index (χ0) is 17.3. The van der Waals surface area contributed by atoms with E-state index in [9.17, 15) is 0 Å². The van der Waals surface area contributed by atoms with Crippen LogP contribution < -0.4 is 15.2 Å². The van der Waals surface area contributed by atoms with Crippen molar-refractivity contribution in [3.8, 4) is 11.5 Å². The maximum atomic E-state index is 6.12. The molecule has 0 atom stereocenters. The van der Waals surface area contributed by atoms with E-state index in [1.54, 1.807) is 7.11 Å². The molecule has 0 aliphatic carbocycles. The van der Waals surface area contributed by atoms with E-state index in [-0.39, 0.29) is 11.3 Å². The normalized spacial score (nSPS) is 18.7. The van der Waals surface area contributed by atoms with Crippen LogP contribution in [0.25, 0.3) is 0 Å². The molecule has 1 aliphatic rings. The van der Waals surface area contributed by atoms with Crippen LogP contribution in [0.4, 0.5) is 5.69 Å². The van der Waals surface area contributed by atoms with E-state index in [0.29, 0.717) is 37.0 Å². The average molecular weight is 323 g/mol. The highest BCUT2D eigenvalue weighted by Crippen LogP contribution is 2.38. The van der Waals surface area contributed by atoms with E-state index in [1.807, 2.05) is 26.0 Å². The van der Waals surface area contributed by atoms with Crippen molar-refractivity contribution in [3.63, 3.8) is 0 Å². The van der Waals surface area contributed by atoms with Crippen LogP contribution in [0.2, 0.25) is 0 Å². The number of anilines is 1. The van der Waals surface area contributed by atoms with Gasteiger partial charge < -0.3 is 24.7 Å². The van der Waals surface area contributed by atoms with Gasteiger partial charge in [0, 0.05) is 5.92 Å². The lowest BCUT2D eigenvalue weighted by molar-refractivity contribution is -0.264.